The molecule has 2 N–H and O–H groups in total. The number of nitrogens with one attached hydrogen (secondary N) is 2. The number of hydrogen-bond donors (Lipinski definition) is 2. The van der Waals surface area contributed by atoms with Crippen molar-refractivity contribution in [1.29, 1.82) is 0 Å². The molecule has 6 aromatic heterocycles. The van der Waals surface area contributed by atoms with Crippen LogP contribution in [0.3, 0.4) is 0 Å². The van der Waals surface area contributed by atoms with Crippen LogP contribution in [0.4, 0.5) is 0 Å². The van der Waals surface area contributed by atoms with E-state index in [2.05, 4.69) is 58.6 Å². The Morgan fingerprint density at radius 3 is 2.68 bits per heavy atom. The number of aromatic nitrogens is 7. The molecule has 9 heteroatoms. The van der Waals surface area contributed by atoms with Gasteiger partial charge in [-0.2, -0.15) is 5.10 Å². The maximum Gasteiger partial charge on any atom is 0.181 e. The largest absolute Gasteiger partial charge is 0.335 e. The Hall–Kier alpha value is -3.95. The second kappa shape index (κ2) is 9.84. The summed E-state index contributed by atoms with van der Waals surface area (Å²) in [6, 6.07) is 8.47. The molecule has 0 aromatic carbocycles. The summed E-state index contributed by atoms with van der Waals surface area (Å²) >= 11 is 1.68. The monoisotopic (exact) mass is 508 g/mol. The molecule has 37 heavy (non-hydrogen) atoms. The van der Waals surface area contributed by atoms with E-state index in [4.69, 9.17) is 4.98 Å². The van der Waals surface area contributed by atoms with Gasteiger partial charge in [0.05, 0.1) is 17.1 Å². The van der Waals surface area contributed by atoms with Crippen molar-refractivity contribution in [2.24, 2.45) is 0 Å². The van der Waals surface area contributed by atoms with E-state index < -0.39 is 0 Å². The normalized spacial score (nSPS) is 14.3. The number of imidazole rings is 1. The van der Waals surface area contributed by atoms with Crippen LogP contribution >= 0.6 is 11.3 Å². The number of thiophene rings is 1. The van der Waals surface area contributed by atoms with Crippen LogP contribution in [0.25, 0.3) is 55.2 Å². The average molecular weight is 509 g/mol. The molecule has 186 valence electrons. The summed E-state index contributed by atoms with van der Waals surface area (Å²) in [6.07, 6.45) is 13.3. The van der Waals surface area contributed by atoms with E-state index in [1.807, 2.05) is 37.1 Å². The molecule has 6 aromatic rings. The molecule has 1 aliphatic rings. The Labute approximate surface area is 218 Å². The molecule has 0 unspecified atom stereocenters. The lowest BCUT2D eigenvalue weighted by molar-refractivity contribution is 0.220. The van der Waals surface area contributed by atoms with E-state index >= 15 is 0 Å². The second-order valence-corrected chi connectivity index (χ2v) is 10.2. The third-order valence-electron chi connectivity index (χ3n) is 6.81. The molecule has 0 saturated carbocycles. The molecular weight excluding hydrogens is 480 g/mol. The van der Waals surface area contributed by atoms with Crippen molar-refractivity contribution in [2.75, 3.05) is 13.1 Å². The topological polar surface area (TPSA) is 99.3 Å². The van der Waals surface area contributed by atoms with Crippen LogP contribution in [0, 0.1) is 0 Å². The molecular formula is C28H28N8S. The number of hydrogen-bond acceptors (Lipinski definition) is 7. The minimum absolute atomic E-state index is 0. The molecule has 7 rings (SSSR count). The lowest BCUT2D eigenvalue weighted by Gasteiger charge is -2.26. The third-order valence-corrected chi connectivity index (χ3v) is 7.71. The molecule has 8 nitrogen and oxygen atoms in total. The minimum atomic E-state index is 0. The number of likely N-dealkylation sites (tertiary alicyclic amines) is 1. The van der Waals surface area contributed by atoms with E-state index in [0.29, 0.717) is 11.5 Å². The zero-order valence-electron chi connectivity index (χ0n) is 19.6. The second-order valence-electron chi connectivity index (χ2n) is 9.26. The first kappa shape index (κ1) is 23.4. The first-order chi connectivity index (χ1) is 17.8. The zero-order chi connectivity index (χ0) is 23.9. The van der Waals surface area contributed by atoms with E-state index in [1.165, 1.54) is 24.8 Å². The molecule has 1 saturated heterocycles. The lowest BCUT2D eigenvalue weighted by Crippen LogP contribution is -2.29. The molecule has 7 heterocycles. The Bertz CT molecular complexity index is 1660. The van der Waals surface area contributed by atoms with E-state index in [9.17, 15) is 0 Å². The summed E-state index contributed by atoms with van der Waals surface area (Å²) < 4.78 is 0. The van der Waals surface area contributed by atoms with Crippen molar-refractivity contribution in [2.45, 2.75) is 33.2 Å². The van der Waals surface area contributed by atoms with Gasteiger partial charge in [-0.1, -0.05) is 19.9 Å². The average Bonchev–Trinajstić information content (AvgIpc) is 3.68. The summed E-state index contributed by atoms with van der Waals surface area (Å²) in [7, 11) is 0. The van der Waals surface area contributed by atoms with Crippen molar-refractivity contribution in [3.05, 3.63) is 66.2 Å². The lowest BCUT2D eigenvalue weighted by atomic mass is 10.1. The molecule has 1 aliphatic heterocycles. The van der Waals surface area contributed by atoms with Gasteiger partial charge >= 0.3 is 0 Å². The number of pyridine rings is 3. The van der Waals surface area contributed by atoms with Crippen molar-refractivity contribution < 1.29 is 0 Å². The van der Waals surface area contributed by atoms with Gasteiger partial charge in [0.25, 0.3) is 0 Å². The highest BCUT2D eigenvalue weighted by Gasteiger charge is 2.17. The van der Waals surface area contributed by atoms with Gasteiger partial charge in [-0.3, -0.25) is 20.0 Å². The van der Waals surface area contributed by atoms with Gasteiger partial charge in [-0.15, -0.1) is 11.3 Å². The third kappa shape index (κ3) is 4.41. The summed E-state index contributed by atoms with van der Waals surface area (Å²) in [5.41, 5.74) is 7.56. The summed E-state index contributed by atoms with van der Waals surface area (Å²) in [5.74, 6) is 0.717. The van der Waals surface area contributed by atoms with Gasteiger partial charge in [0, 0.05) is 52.9 Å². The van der Waals surface area contributed by atoms with Crippen LogP contribution in [0.2, 0.25) is 0 Å². The molecule has 0 amide bonds. The van der Waals surface area contributed by atoms with Gasteiger partial charge in [-0.05, 0) is 55.1 Å². The highest BCUT2D eigenvalue weighted by atomic mass is 32.1. The zero-order valence-corrected chi connectivity index (χ0v) is 20.4. The molecule has 0 atom stereocenters. The van der Waals surface area contributed by atoms with Gasteiger partial charge in [0.2, 0.25) is 0 Å². The van der Waals surface area contributed by atoms with Gasteiger partial charge < -0.3 is 4.98 Å². The molecule has 0 spiro atoms. The Kier molecular flexibility index (Phi) is 6.23. The predicted octanol–water partition coefficient (Wildman–Crippen LogP) is 6.31. The molecule has 0 aliphatic carbocycles. The minimum Gasteiger partial charge on any atom is -0.335 e. The summed E-state index contributed by atoms with van der Waals surface area (Å²) in [5, 5.41) is 10.6. The van der Waals surface area contributed by atoms with Gasteiger partial charge in [0.15, 0.2) is 11.5 Å². The van der Waals surface area contributed by atoms with Crippen LogP contribution in [-0.4, -0.2) is 53.1 Å². The number of aromatic amines is 2. The van der Waals surface area contributed by atoms with Crippen LogP contribution in [0.5, 0.6) is 0 Å². The Balaban J connectivity index is 0.00000252. The number of rotatable bonds is 5. The fraction of sp³-hybridized carbons (Fsp3) is 0.250. The van der Waals surface area contributed by atoms with Crippen molar-refractivity contribution in [1.82, 2.24) is 40.0 Å². The van der Waals surface area contributed by atoms with E-state index in [1.54, 1.807) is 11.3 Å². The number of piperidine rings is 1. The maximum absolute atomic E-state index is 4.94. The SMILES string of the molecule is C.c1csc(-c2cncc3[nH]c(-c4[nH]nc5ncc(-c6cncc(CN7CCCCC7)c6)cc45)nc23)c1. The van der Waals surface area contributed by atoms with Crippen LogP contribution in [-0.2, 0) is 6.54 Å². The smallest absolute Gasteiger partial charge is 0.181 e. The van der Waals surface area contributed by atoms with Gasteiger partial charge in [0.1, 0.15) is 11.2 Å². The first-order valence-electron chi connectivity index (χ1n) is 12.2. The summed E-state index contributed by atoms with van der Waals surface area (Å²) in [6.45, 7) is 3.27. The van der Waals surface area contributed by atoms with Crippen molar-refractivity contribution in [3.63, 3.8) is 0 Å². The molecule has 1 fully saturated rings. The predicted molar refractivity (Wildman–Crippen MR) is 149 cm³/mol. The highest BCUT2D eigenvalue weighted by Crippen LogP contribution is 2.33. The van der Waals surface area contributed by atoms with Crippen molar-refractivity contribution >= 4 is 33.4 Å². The first-order valence-corrected chi connectivity index (χ1v) is 13.1. The number of H-pyrrole nitrogens is 2. The maximum atomic E-state index is 4.94. The van der Waals surface area contributed by atoms with Crippen molar-refractivity contribution in [3.8, 4) is 33.1 Å². The quantitative estimate of drug-likeness (QED) is 0.283. The molecule has 0 bridgehead atoms. The van der Waals surface area contributed by atoms with Crippen LogP contribution in [0.15, 0.2) is 60.6 Å². The van der Waals surface area contributed by atoms with Gasteiger partial charge in [-0.25, -0.2) is 9.97 Å². The van der Waals surface area contributed by atoms with E-state index in [0.717, 1.165) is 63.3 Å². The highest BCUT2D eigenvalue weighted by molar-refractivity contribution is 7.13. The standard InChI is InChI=1S/C27H24N8S.CH4/c1-2-6-35(7-3-1)16-17-9-18(12-28-11-17)19-10-20-25(33-34-26(20)30-13-19)27-31-22-15-29-14-21(24(22)32-27)23-5-4-8-36-23;/h4-5,8-15H,1-3,6-7,16H2,(H,31,32)(H,30,33,34);1H4. The number of nitrogens with zero attached hydrogens (tertiary/aromatic N) is 6. The Morgan fingerprint density at radius 1 is 0.946 bits per heavy atom. The number of fused-ring (bicyclic) bond motifs is 2. The van der Waals surface area contributed by atoms with Crippen LogP contribution < -0.4 is 0 Å². The Morgan fingerprint density at radius 2 is 1.81 bits per heavy atom. The van der Waals surface area contributed by atoms with Crippen LogP contribution in [0.1, 0.15) is 32.3 Å². The van der Waals surface area contributed by atoms with E-state index in [-0.39, 0.29) is 7.43 Å². The summed E-state index contributed by atoms with van der Waals surface area (Å²) in [4.78, 5) is 25.6. The fourth-order valence-corrected chi connectivity index (χ4v) is 5.75. The molecule has 0 radical (unpaired) electrons. The fourth-order valence-electron chi connectivity index (χ4n) is 5.01.